The smallest absolute Gasteiger partial charge is 0.355 e. The molecule has 1 aromatic heterocycles. The highest BCUT2D eigenvalue weighted by Crippen LogP contribution is 2.12. The maximum Gasteiger partial charge on any atom is 0.355 e. The summed E-state index contributed by atoms with van der Waals surface area (Å²) >= 11 is 0. The molecule has 0 saturated carbocycles. The number of hydrogen-bond donors (Lipinski definition) is 1. The van der Waals surface area contributed by atoms with E-state index in [0.29, 0.717) is 5.69 Å². The Hall–Kier alpha value is -1.25. The maximum absolute atomic E-state index is 11.5. The third-order valence-corrected chi connectivity index (χ3v) is 1.77. The van der Waals surface area contributed by atoms with Gasteiger partial charge in [-0.2, -0.15) is 0 Å². The summed E-state index contributed by atoms with van der Waals surface area (Å²) < 4.78 is 5.21. The average molecular weight is 195 g/mol. The molecule has 0 bridgehead atoms. The standard InChI is InChI=1S/C11H17NO2/c1-5-8-6-9(12-7-8)10(13)14-11(2,3)4/h6-7,12H,5H2,1-4H3. The van der Waals surface area contributed by atoms with Crippen LogP contribution in [-0.4, -0.2) is 16.6 Å². The van der Waals surface area contributed by atoms with E-state index in [1.165, 1.54) is 0 Å². The Kier molecular flexibility index (Phi) is 2.99. The number of carbonyl (C=O) groups excluding carboxylic acids is 1. The van der Waals surface area contributed by atoms with Gasteiger partial charge in [-0.25, -0.2) is 4.79 Å². The van der Waals surface area contributed by atoms with Crippen LogP contribution in [0.3, 0.4) is 0 Å². The first-order valence-corrected chi connectivity index (χ1v) is 4.83. The van der Waals surface area contributed by atoms with Gasteiger partial charge in [0.15, 0.2) is 0 Å². The van der Waals surface area contributed by atoms with E-state index in [-0.39, 0.29) is 5.97 Å². The van der Waals surface area contributed by atoms with E-state index in [4.69, 9.17) is 4.74 Å². The number of hydrogen-bond acceptors (Lipinski definition) is 2. The number of H-pyrrole nitrogens is 1. The summed E-state index contributed by atoms with van der Waals surface area (Å²) in [5.74, 6) is -0.294. The first-order chi connectivity index (χ1) is 6.42. The minimum absolute atomic E-state index is 0.294. The SMILES string of the molecule is CCc1c[nH]c(C(=O)OC(C)(C)C)c1. The molecule has 0 atom stereocenters. The van der Waals surface area contributed by atoms with Crippen molar-refractivity contribution in [2.45, 2.75) is 39.7 Å². The predicted octanol–water partition coefficient (Wildman–Crippen LogP) is 2.53. The first kappa shape index (κ1) is 10.8. The molecule has 0 fully saturated rings. The summed E-state index contributed by atoms with van der Waals surface area (Å²) in [5, 5.41) is 0. The van der Waals surface area contributed by atoms with Crippen LogP contribution in [0.4, 0.5) is 0 Å². The van der Waals surface area contributed by atoms with E-state index in [1.807, 2.05) is 40.0 Å². The molecule has 0 saturated heterocycles. The molecule has 3 nitrogen and oxygen atoms in total. The van der Waals surface area contributed by atoms with Crippen molar-refractivity contribution in [2.24, 2.45) is 0 Å². The van der Waals surface area contributed by atoms with Gasteiger partial charge in [-0.1, -0.05) is 6.92 Å². The van der Waals surface area contributed by atoms with Gasteiger partial charge in [0, 0.05) is 6.20 Å². The fourth-order valence-electron chi connectivity index (χ4n) is 1.09. The number of ether oxygens (including phenoxy) is 1. The van der Waals surface area contributed by atoms with E-state index in [0.717, 1.165) is 12.0 Å². The van der Waals surface area contributed by atoms with Gasteiger partial charge in [-0.05, 0) is 38.8 Å². The molecule has 14 heavy (non-hydrogen) atoms. The number of carbonyl (C=O) groups is 1. The van der Waals surface area contributed by atoms with Gasteiger partial charge < -0.3 is 9.72 Å². The van der Waals surface area contributed by atoms with Crippen molar-refractivity contribution >= 4 is 5.97 Å². The molecule has 0 amide bonds. The maximum atomic E-state index is 11.5. The summed E-state index contributed by atoms with van der Waals surface area (Å²) in [5.41, 5.74) is 1.21. The number of aromatic nitrogens is 1. The highest BCUT2D eigenvalue weighted by Gasteiger charge is 2.18. The second kappa shape index (κ2) is 3.86. The van der Waals surface area contributed by atoms with E-state index < -0.39 is 5.60 Å². The molecule has 0 aliphatic carbocycles. The van der Waals surface area contributed by atoms with Crippen molar-refractivity contribution in [3.63, 3.8) is 0 Å². The lowest BCUT2D eigenvalue weighted by molar-refractivity contribution is 0.00636. The fourth-order valence-corrected chi connectivity index (χ4v) is 1.09. The second-order valence-electron chi connectivity index (χ2n) is 4.28. The molecule has 1 heterocycles. The first-order valence-electron chi connectivity index (χ1n) is 4.83. The Morgan fingerprint density at radius 2 is 2.14 bits per heavy atom. The molecular formula is C11H17NO2. The third-order valence-electron chi connectivity index (χ3n) is 1.77. The van der Waals surface area contributed by atoms with Gasteiger partial charge >= 0.3 is 5.97 Å². The zero-order valence-electron chi connectivity index (χ0n) is 9.18. The highest BCUT2D eigenvalue weighted by molar-refractivity contribution is 5.87. The minimum Gasteiger partial charge on any atom is -0.455 e. The number of aromatic amines is 1. The van der Waals surface area contributed by atoms with Crippen LogP contribution in [0.5, 0.6) is 0 Å². The van der Waals surface area contributed by atoms with Gasteiger partial charge in [0.2, 0.25) is 0 Å². The second-order valence-corrected chi connectivity index (χ2v) is 4.28. The Bertz CT molecular complexity index is 320. The van der Waals surface area contributed by atoms with Crippen molar-refractivity contribution in [3.05, 3.63) is 23.5 Å². The van der Waals surface area contributed by atoms with Gasteiger partial charge in [0.1, 0.15) is 11.3 Å². The van der Waals surface area contributed by atoms with Gasteiger partial charge in [-0.3, -0.25) is 0 Å². The number of rotatable bonds is 2. The summed E-state index contributed by atoms with van der Waals surface area (Å²) in [6.07, 6.45) is 2.75. The van der Waals surface area contributed by atoms with Crippen LogP contribution in [-0.2, 0) is 11.2 Å². The molecule has 0 unspecified atom stereocenters. The molecule has 0 radical (unpaired) electrons. The summed E-state index contributed by atoms with van der Waals surface area (Å²) in [7, 11) is 0. The number of esters is 1. The molecule has 1 aromatic rings. The Balaban J connectivity index is 2.70. The van der Waals surface area contributed by atoms with Crippen LogP contribution in [0.1, 0.15) is 43.7 Å². The molecule has 78 valence electrons. The Morgan fingerprint density at radius 1 is 1.50 bits per heavy atom. The van der Waals surface area contributed by atoms with Crippen molar-refractivity contribution in [2.75, 3.05) is 0 Å². The molecule has 0 aliphatic heterocycles. The lowest BCUT2D eigenvalue weighted by Gasteiger charge is -2.18. The highest BCUT2D eigenvalue weighted by atomic mass is 16.6. The summed E-state index contributed by atoms with van der Waals surface area (Å²) in [6, 6.07) is 1.83. The van der Waals surface area contributed by atoms with Gasteiger partial charge in [0.25, 0.3) is 0 Å². The van der Waals surface area contributed by atoms with Crippen LogP contribution >= 0.6 is 0 Å². The van der Waals surface area contributed by atoms with E-state index >= 15 is 0 Å². The van der Waals surface area contributed by atoms with Crippen molar-refractivity contribution in [3.8, 4) is 0 Å². The van der Waals surface area contributed by atoms with Crippen molar-refractivity contribution in [1.29, 1.82) is 0 Å². The van der Waals surface area contributed by atoms with E-state index in [1.54, 1.807) is 0 Å². The van der Waals surface area contributed by atoms with Crippen LogP contribution in [0.2, 0.25) is 0 Å². The zero-order valence-corrected chi connectivity index (χ0v) is 9.18. The quantitative estimate of drug-likeness (QED) is 0.737. The molecule has 1 rings (SSSR count). The van der Waals surface area contributed by atoms with E-state index in [9.17, 15) is 4.79 Å². The normalized spacial score (nSPS) is 11.4. The van der Waals surface area contributed by atoms with Crippen LogP contribution in [0.15, 0.2) is 12.3 Å². The molecule has 0 aromatic carbocycles. The lowest BCUT2D eigenvalue weighted by atomic mass is 10.2. The fraction of sp³-hybridized carbons (Fsp3) is 0.545. The van der Waals surface area contributed by atoms with Crippen LogP contribution in [0.25, 0.3) is 0 Å². The van der Waals surface area contributed by atoms with Crippen molar-refractivity contribution in [1.82, 2.24) is 4.98 Å². The Morgan fingerprint density at radius 3 is 2.57 bits per heavy atom. The molecular weight excluding hydrogens is 178 g/mol. The summed E-state index contributed by atoms with van der Waals surface area (Å²) in [4.78, 5) is 14.4. The number of aryl methyl sites for hydroxylation is 1. The minimum atomic E-state index is -0.436. The average Bonchev–Trinajstić information content (AvgIpc) is 2.48. The topological polar surface area (TPSA) is 42.1 Å². The predicted molar refractivity (Wildman–Crippen MR) is 55.3 cm³/mol. The molecule has 3 heteroatoms. The summed E-state index contributed by atoms with van der Waals surface area (Å²) in [6.45, 7) is 7.61. The molecule has 0 aliphatic rings. The molecule has 1 N–H and O–H groups in total. The van der Waals surface area contributed by atoms with Gasteiger partial charge in [0.05, 0.1) is 0 Å². The van der Waals surface area contributed by atoms with Crippen LogP contribution in [0, 0.1) is 0 Å². The third kappa shape index (κ3) is 2.91. The lowest BCUT2D eigenvalue weighted by Crippen LogP contribution is -2.24. The zero-order chi connectivity index (χ0) is 10.8. The number of nitrogens with one attached hydrogen (secondary N) is 1. The Labute approximate surface area is 84.5 Å². The monoisotopic (exact) mass is 195 g/mol. The van der Waals surface area contributed by atoms with Gasteiger partial charge in [-0.15, -0.1) is 0 Å². The van der Waals surface area contributed by atoms with Crippen molar-refractivity contribution < 1.29 is 9.53 Å². The van der Waals surface area contributed by atoms with E-state index in [2.05, 4.69) is 4.98 Å². The molecule has 0 spiro atoms. The largest absolute Gasteiger partial charge is 0.455 e. The van der Waals surface area contributed by atoms with Crippen LogP contribution < -0.4 is 0 Å².